The molecular weight excluding hydrogens is 508 g/mol. The van der Waals surface area contributed by atoms with E-state index in [-0.39, 0.29) is 36.3 Å². The van der Waals surface area contributed by atoms with Crippen molar-refractivity contribution in [3.8, 4) is 0 Å². The Morgan fingerprint density at radius 3 is 2.40 bits per heavy atom. The Hall–Kier alpha value is -3.03. The van der Waals surface area contributed by atoms with Gasteiger partial charge in [-0.25, -0.2) is 9.59 Å². The van der Waals surface area contributed by atoms with Crippen LogP contribution in [0.1, 0.15) is 74.1 Å². The first-order chi connectivity index (χ1) is 18.8. The van der Waals surface area contributed by atoms with E-state index < -0.39 is 23.9 Å². The highest BCUT2D eigenvalue weighted by molar-refractivity contribution is 5.85. The number of esters is 1. The smallest absolute Gasteiger partial charge is 0.331 e. The first-order valence-corrected chi connectivity index (χ1v) is 14.1. The van der Waals surface area contributed by atoms with Crippen LogP contribution in [0, 0.1) is 23.7 Å². The van der Waals surface area contributed by atoms with Crippen LogP contribution < -0.4 is 0 Å². The van der Waals surface area contributed by atoms with E-state index in [1.807, 2.05) is 32.1 Å². The van der Waals surface area contributed by atoms with Crippen LogP contribution in [-0.4, -0.2) is 51.9 Å². The largest absolute Gasteiger partial charge is 0.478 e. The van der Waals surface area contributed by atoms with Crippen molar-refractivity contribution in [2.75, 3.05) is 6.61 Å². The van der Waals surface area contributed by atoms with Crippen molar-refractivity contribution in [3.63, 3.8) is 0 Å². The highest BCUT2D eigenvalue weighted by Gasteiger charge is 2.30. The van der Waals surface area contributed by atoms with E-state index in [0.29, 0.717) is 18.4 Å². The van der Waals surface area contributed by atoms with Gasteiger partial charge in [0.05, 0.1) is 18.6 Å². The lowest BCUT2D eigenvalue weighted by Gasteiger charge is -2.26. The van der Waals surface area contributed by atoms with E-state index in [4.69, 9.17) is 9.84 Å². The zero-order chi connectivity index (χ0) is 30.4. The second-order valence-corrected chi connectivity index (χ2v) is 11.2. The number of aliphatic carboxylic acids is 1. The molecular formula is C33H48O7. The number of aliphatic hydroxyl groups excluding tert-OH is 2. The molecule has 3 N–H and O–H groups in total. The molecule has 1 rings (SSSR count). The van der Waals surface area contributed by atoms with Crippen molar-refractivity contribution >= 4 is 17.7 Å². The summed E-state index contributed by atoms with van der Waals surface area (Å²) in [5.41, 5.74) is 3.92. The summed E-state index contributed by atoms with van der Waals surface area (Å²) in [4.78, 5) is 35.4. The molecule has 0 saturated heterocycles. The molecule has 6 atom stereocenters. The van der Waals surface area contributed by atoms with Crippen LogP contribution in [0.2, 0.25) is 0 Å². The minimum Gasteiger partial charge on any atom is -0.478 e. The number of carbonyl (C=O) groups excluding carboxylic acids is 2. The molecule has 0 radical (unpaired) electrons. The maximum atomic E-state index is 13.0. The number of allylic oxidation sites excluding steroid dienone is 7. The summed E-state index contributed by atoms with van der Waals surface area (Å²) in [6.07, 6.45) is 15.8. The van der Waals surface area contributed by atoms with Gasteiger partial charge in [-0.05, 0) is 57.9 Å². The molecule has 1 aliphatic heterocycles. The zero-order valence-electron chi connectivity index (χ0n) is 25.1. The van der Waals surface area contributed by atoms with Gasteiger partial charge in [0.2, 0.25) is 0 Å². The Kier molecular flexibility index (Phi) is 15.4. The number of hydrogen-bond acceptors (Lipinski definition) is 6. The summed E-state index contributed by atoms with van der Waals surface area (Å²) >= 11 is 0. The van der Waals surface area contributed by atoms with Gasteiger partial charge in [-0.2, -0.15) is 0 Å². The molecule has 0 aromatic carbocycles. The van der Waals surface area contributed by atoms with Crippen molar-refractivity contribution in [2.45, 2.75) is 86.4 Å². The summed E-state index contributed by atoms with van der Waals surface area (Å²) in [7, 11) is 0. The topological polar surface area (TPSA) is 121 Å². The Bertz CT molecular complexity index is 1060. The molecule has 0 fully saturated rings. The molecule has 7 heteroatoms. The van der Waals surface area contributed by atoms with Crippen LogP contribution in [-0.2, 0) is 19.1 Å². The molecule has 0 aliphatic carbocycles. The maximum Gasteiger partial charge on any atom is 0.331 e. The van der Waals surface area contributed by atoms with Crippen LogP contribution in [0.3, 0.4) is 0 Å². The Morgan fingerprint density at radius 1 is 1.15 bits per heavy atom. The van der Waals surface area contributed by atoms with Gasteiger partial charge in [0.1, 0.15) is 11.9 Å². The molecule has 0 saturated carbocycles. The van der Waals surface area contributed by atoms with E-state index in [0.717, 1.165) is 30.1 Å². The maximum absolute atomic E-state index is 13.0. The molecule has 40 heavy (non-hydrogen) atoms. The van der Waals surface area contributed by atoms with Crippen molar-refractivity contribution in [2.24, 2.45) is 23.7 Å². The van der Waals surface area contributed by atoms with Crippen LogP contribution >= 0.6 is 0 Å². The predicted molar refractivity (Wildman–Crippen MR) is 158 cm³/mol. The third-order valence-electron chi connectivity index (χ3n) is 7.07. The normalized spacial score (nSPS) is 21.1. The fraction of sp³-hybridized carbons (Fsp3) is 0.545. The summed E-state index contributed by atoms with van der Waals surface area (Å²) in [5.74, 6) is -3.08. The Balaban J connectivity index is 2.75. The monoisotopic (exact) mass is 556 g/mol. The quantitative estimate of drug-likeness (QED) is 0.123. The van der Waals surface area contributed by atoms with Gasteiger partial charge in [-0.1, -0.05) is 80.4 Å². The third kappa shape index (κ3) is 12.9. The van der Waals surface area contributed by atoms with Crippen LogP contribution in [0.15, 0.2) is 70.9 Å². The lowest BCUT2D eigenvalue weighted by atomic mass is 9.83. The first kappa shape index (κ1) is 35.0. The predicted octanol–water partition coefficient (Wildman–Crippen LogP) is 5.90. The fourth-order valence-corrected chi connectivity index (χ4v) is 4.93. The van der Waals surface area contributed by atoms with Gasteiger partial charge in [0.25, 0.3) is 0 Å². The molecule has 1 aliphatic rings. The molecule has 7 nitrogen and oxygen atoms in total. The number of ether oxygens (including phenoxy) is 1. The van der Waals surface area contributed by atoms with E-state index in [1.165, 1.54) is 11.6 Å². The molecule has 0 spiro atoms. The molecule has 222 valence electrons. The Labute approximate surface area is 239 Å². The number of aliphatic hydroxyl groups is 2. The number of carboxylic acids is 1. The number of cyclic esters (lactones) is 1. The molecule has 0 bridgehead atoms. The second-order valence-electron chi connectivity index (χ2n) is 11.2. The molecule has 0 unspecified atom stereocenters. The second kappa shape index (κ2) is 17.6. The summed E-state index contributed by atoms with van der Waals surface area (Å²) in [5, 5.41) is 29.4. The number of carbonyl (C=O) groups is 3. The average Bonchev–Trinajstić information content (AvgIpc) is 2.86. The number of rotatable bonds is 16. The van der Waals surface area contributed by atoms with E-state index in [9.17, 15) is 24.6 Å². The third-order valence-corrected chi connectivity index (χ3v) is 7.07. The van der Waals surface area contributed by atoms with Crippen LogP contribution in [0.5, 0.6) is 0 Å². The zero-order valence-corrected chi connectivity index (χ0v) is 25.1. The van der Waals surface area contributed by atoms with Crippen molar-refractivity contribution < 1.29 is 34.4 Å². The van der Waals surface area contributed by atoms with E-state index >= 15 is 0 Å². The fourth-order valence-electron chi connectivity index (χ4n) is 4.93. The minimum atomic E-state index is -1.04. The lowest BCUT2D eigenvalue weighted by Crippen LogP contribution is -2.35. The van der Waals surface area contributed by atoms with Crippen molar-refractivity contribution in [3.05, 3.63) is 70.9 Å². The standard InChI is InChI=1S/C33H48O7/c1-8-27(12-13-29-17-24(5)19-31(37)40-29)16-22(3)14-21(2)10-9-11-28(20-34)33(39)26(7)32(38)25(6)15-23(4)18-30(35)36/h9-13,16,18-19,22,25-26,28-29,32,34,38H,8,14-15,17,20H2,1-7H3,(H,35,36)/b11-9?,13-12+,21-10+,23-18+,27-16+/t22-,25+,26+,28+,29+,32-/m1/s1. The van der Waals surface area contributed by atoms with E-state index in [1.54, 1.807) is 32.9 Å². The molecule has 0 amide bonds. The van der Waals surface area contributed by atoms with Crippen LogP contribution in [0.4, 0.5) is 0 Å². The van der Waals surface area contributed by atoms with Gasteiger partial charge in [0.15, 0.2) is 0 Å². The Morgan fingerprint density at radius 2 is 1.82 bits per heavy atom. The SMILES string of the molecule is CCC(/C=C/[C@H]1CC(C)=CC(=O)O1)=C\[C@H](C)C/C(C)=C/C=C[C@@H](CO)C(=O)[C@@H](C)[C@H](O)[C@@H](C)C/C(C)=C/C(=O)O. The van der Waals surface area contributed by atoms with Gasteiger partial charge in [-0.3, -0.25) is 4.79 Å². The highest BCUT2D eigenvalue weighted by atomic mass is 16.5. The molecule has 1 heterocycles. The van der Waals surface area contributed by atoms with E-state index in [2.05, 4.69) is 19.9 Å². The number of hydrogen-bond donors (Lipinski definition) is 3. The molecule has 0 aromatic heterocycles. The summed E-state index contributed by atoms with van der Waals surface area (Å²) < 4.78 is 5.35. The van der Waals surface area contributed by atoms with Gasteiger partial charge < -0.3 is 20.1 Å². The van der Waals surface area contributed by atoms with Gasteiger partial charge >= 0.3 is 11.9 Å². The number of carboxylic acid groups (broad SMARTS) is 1. The van der Waals surface area contributed by atoms with Crippen LogP contribution in [0.25, 0.3) is 0 Å². The van der Waals surface area contributed by atoms with Gasteiger partial charge in [0, 0.05) is 24.5 Å². The lowest BCUT2D eigenvalue weighted by molar-refractivity contribution is -0.142. The molecule has 0 aromatic rings. The first-order valence-electron chi connectivity index (χ1n) is 14.1. The average molecular weight is 557 g/mol. The number of ketones is 1. The van der Waals surface area contributed by atoms with Crippen molar-refractivity contribution in [1.29, 1.82) is 0 Å². The summed E-state index contributed by atoms with van der Waals surface area (Å²) in [6, 6.07) is 0. The van der Waals surface area contributed by atoms with Gasteiger partial charge in [-0.15, -0.1) is 0 Å². The summed E-state index contributed by atoms with van der Waals surface area (Å²) in [6.45, 7) is 12.9. The van der Waals surface area contributed by atoms with Crippen molar-refractivity contribution in [1.82, 2.24) is 0 Å². The highest BCUT2D eigenvalue weighted by Crippen LogP contribution is 2.24. The minimum absolute atomic E-state index is 0.235. The number of Topliss-reactive ketones (excluding diaryl/α,β-unsaturated/α-hetero) is 1.